The van der Waals surface area contributed by atoms with E-state index in [4.69, 9.17) is 4.98 Å². The number of para-hydroxylation sites is 2. The molecule has 1 heterocycles. The van der Waals surface area contributed by atoms with Gasteiger partial charge in [-0.2, -0.15) is 0 Å². The van der Waals surface area contributed by atoms with Crippen LogP contribution in [0, 0.1) is 0 Å². The molecule has 0 amide bonds. The Morgan fingerprint density at radius 2 is 0.943 bits per heavy atom. The molecule has 0 spiro atoms. The zero-order chi connectivity index (χ0) is 24.8. The number of nitrogens with zero attached hydrogens (tertiary/aromatic N) is 2. The van der Waals surface area contributed by atoms with Crippen LogP contribution in [0.2, 0.25) is 0 Å². The molecule has 0 saturated heterocycles. The van der Waals surface area contributed by atoms with Crippen molar-refractivity contribution in [1.29, 1.82) is 0 Å². The Kier molecular flexibility index (Phi) is 17.8. The summed E-state index contributed by atoms with van der Waals surface area (Å²) in [5.74, 6) is 1.33. The quantitative estimate of drug-likeness (QED) is 0.136. The summed E-state index contributed by atoms with van der Waals surface area (Å²) in [6.45, 7) is 5.74. The van der Waals surface area contributed by atoms with E-state index in [0.29, 0.717) is 0 Å². The van der Waals surface area contributed by atoms with E-state index in [2.05, 4.69) is 42.7 Å². The zero-order valence-corrected chi connectivity index (χ0v) is 23.7. The first kappa shape index (κ1) is 29.9. The molecule has 0 bridgehead atoms. The van der Waals surface area contributed by atoms with Gasteiger partial charge in [-0.25, -0.2) is 4.98 Å². The molecule has 0 aliphatic rings. The highest BCUT2D eigenvalue weighted by Crippen LogP contribution is 2.20. The van der Waals surface area contributed by atoms with E-state index in [1.54, 1.807) is 0 Å². The van der Waals surface area contributed by atoms with Crippen LogP contribution in [-0.4, -0.2) is 9.55 Å². The molecule has 0 unspecified atom stereocenters. The zero-order valence-electron chi connectivity index (χ0n) is 23.7. The molecule has 35 heavy (non-hydrogen) atoms. The van der Waals surface area contributed by atoms with Gasteiger partial charge >= 0.3 is 0 Å². The molecule has 2 nitrogen and oxygen atoms in total. The minimum absolute atomic E-state index is 1.14. The number of aryl methyl sites for hydroxylation is 2. The summed E-state index contributed by atoms with van der Waals surface area (Å²) in [6.07, 6.45) is 32.1. The number of imidazole rings is 1. The summed E-state index contributed by atoms with van der Waals surface area (Å²) in [5, 5.41) is 0. The smallest absolute Gasteiger partial charge is 0.109 e. The lowest BCUT2D eigenvalue weighted by atomic mass is 10.0. The average Bonchev–Trinajstić information content (AvgIpc) is 3.23. The predicted molar refractivity (Wildman–Crippen MR) is 156 cm³/mol. The molecule has 1 aromatic heterocycles. The Morgan fingerprint density at radius 3 is 1.46 bits per heavy atom. The van der Waals surface area contributed by atoms with Crippen molar-refractivity contribution in [3.8, 4) is 0 Å². The number of hydrogen-bond acceptors (Lipinski definition) is 1. The van der Waals surface area contributed by atoms with E-state index in [0.717, 1.165) is 13.0 Å². The molecule has 0 fully saturated rings. The van der Waals surface area contributed by atoms with Gasteiger partial charge < -0.3 is 4.57 Å². The standard InChI is InChI=1S/C33H58N2/c1-3-5-7-9-11-12-13-14-15-16-17-18-19-21-23-29-33-34-31-27-24-25-28-32(31)35(33)30-26-22-20-10-8-6-4-2/h24-25,27-28H,3-23,26,29-30H2,1-2H3. The van der Waals surface area contributed by atoms with Gasteiger partial charge in [-0.05, 0) is 25.0 Å². The highest BCUT2D eigenvalue weighted by Gasteiger charge is 2.10. The monoisotopic (exact) mass is 482 g/mol. The van der Waals surface area contributed by atoms with Gasteiger partial charge in [-0.3, -0.25) is 0 Å². The van der Waals surface area contributed by atoms with Gasteiger partial charge in [0.15, 0.2) is 0 Å². The van der Waals surface area contributed by atoms with Crippen LogP contribution in [0.3, 0.4) is 0 Å². The molecule has 200 valence electrons. The third-order valence-electron chi connectivity index (χ3n) is 7.72. The highest BCUT2D eigenvalue weighted by molar-refractivity contribution is 5.75. The number of rotatable bonds is 24. The SMILES string of the molecule is CCCCCCCCCCCCCCCCCc1nc2ccccc2n1CCCCCCCCC. The second-order valence-corrected chi connectivity index (χ2v) is 11.0. The van der Waals surface area contributed by atoms with Crippen LogP contribution in [0.15, 0.2) is 24.3 Å². The maximum Gasteiger partial charge on any atom is 0.109 e. The van der Waals surface area contributed by atoms with E-state index in [-0.39, 0.29) is 0 Å². The Bertz CT molecular complexity index is 732. The molecular weight excluding hydrogens is 424 g/mol. The minimum atomic E-state index is 1.14. The van der Waals surface area contributed by atoms with Crippen molar-refractivity contribution in [2.45, 2.75) is 168 Å². The van der Waals surface area contributed by atoms with E-state index < -0.39 is 0 Å². The normalized spacial score (nSPS) is 11.6. The van der Waals surface area contributed by atoms with Crippen LogP contribution in [0.1, 0.15) is 161 Å². The molecule has 1 aromatic carbocycles. The molecule has 0 aliphatic heterocycles. The first-order chi connectivity index (χ1) is 17.4. The van der Waals surface area contributed by atoms with Gasteiger partial charge in [0.2, 0.25) is 0 Å². The summed E-state index contributed by atoms with van der Waals surface area (Å²) >= 11 is 0. The maximum atomic E-state index is 5.02. The van der Waals surface area contributed by atoms with E-state index >= 15 is 0 Å². The lowest BCUT2D eigenvalue weighted by molar-refractivity contribution is 0.525. The molecule has 2 aromatic rings. The Hall–Kier alpha value is -1.31. The lowest BCUT2D eigenvalue weighted by Crippen LogP contribution is -2.04. The number of hydrogen-bond donors (Lipinski definition) is 0. The third kappa shape index (κ3) is 13.5. The van der Waals surface area contributed by atoms with Crippen LogP contribution in [0.25, 0.3) is 11.0 Å². The minimum Gasteiger partial charge on any atom is -0.328 e. The van der Waals surface area contributed by atoms with Crippen molar-refractivity contribution in [2.24, 2.45) is 0 Å². The van der Waals surface area contributed by atoms with Gasteiger partial charge in [-0.15, -0.1) is 0 Å². The van der Waals surface area contributed by atoms with E-state index in [9.17, 15) is 0 Å². The molecular formula is C33H58N2. The van der Waals surface area contributed by atoms with Crippen molar-refractivity contribution in [2.75, 3.05) is 0 Å². The summed E-state index contributed by atoms with van der Waals surface area (Å²) < 4.78 is 2.53. The van der Waals surface area contributed by atoms with Crippen molar-refractivity contribution in [3.05, 3.63) is 30.1 Å². The maximum absolute atomic E-state index is 5.02. The average molecular weight is 483 g/mol. The molecule has 0 aliphatic carbocycles. The lowest BCUT2D eigenvalue weighted by Gasteiger charge is -2.09. The number of benzene rings is 1. The number of unbranched alkanes of at least 4 members (excludes halogenated alkanes) is 20. The summed E-state index contributed by atoms with van der Waals surface area (Å²) in [4.78, 5) is 5.02. The summed E-state index contributed by atoms with van der Waals surface area (Å²) in [6, 6.07) is 8.75. The van der Waals surface area contributed by atoms with Crippen LogP contribution in [-0.2, 0) is 13.0 Å². The first-order valence-corrected chi connectivity index (χ1v) is 15.8. The van der Waals surface area contributed by atoms with Gasteiger partial charge in [0.25, 0.3) is 0 Å². The molecule has 2 heteroatoms. The van der Waals surface area contributed by atoms with Gasteiger partial charge in [0, 0.05) is 13.0 Å². The van der Waals surface area contributed by atoms with Crippen LogP contribution >= 0.6 is 0 Å². The fourth-order valence-corrected chi connectivity index (χ4v) is 5.45. The van der Waals surface area contributed by atoms with Crippen molar-refractivity contribution >= 4 is 11.0 Å². The number of aromatic nitrogens is 2. The van der Waals surface area contributed by atoms with E-state index in [1.807, 2.05) is 0 Å². The van der Waals surface area contributed by atoms with Crippen molar-refractivity contribution in [3.63, 3.8) is 0 Å². The molecule has 0 radical (unpaired) electrons. The van der Waals surface area contributed by atoms with Gasteiger partial charge in [0.05, 0.1) is 11.0 Å². The van der Waals surface area contributed by atoms with E-state index in [1.165, 1.54) is 158 Å². The van der Waals surface area contributed by atoms with Crippen LogP contribution < -0.4 is 0 Å². The third-order valence-corrected chi connectivity index (χ3v) is 7.72. The number of fused-ring (bicyclic) bond motifs is 1. The molecule has 0 N–H and O–H groups in total. The Morgan fingerprint density at radius 1 is 0.514 bits per heavy atom. The Balaban J connectivity index is 1.54. The fraction of sp³-hybridized carbons (Fsp3) is 0.788. The molecule has 0 atom stereocenters. The van der Waals surface area contributed by atoms with Gasteiger partial charge in [0.1, 0.15) is 5.82 Å². The molecule has 0 saturated carbocycles. The van der Waals surface area contributed by atoms with Crippen LogP contribution in [0.5, 0.6) is 0 Å². The highest BCUT2D eigenvalue weighted by atomic mass is 15.1. The summed E-state index contributed by atoms with van der Waals surface area (Å²) in [7, 11) is 0. The largest absolute Gasteiger partial charge is 0.328 e. The fourth-order valence-electron chi connectivity index (χ4n) is 5.45. The predicted octanol–water partition coefficient (Wildman–Crippen LogP) is 11.2. The Labute approximate surface area is 218 Å². The second kappa shape index (κ2) is 20.8. The molecule has 2 rings (SSSR count). The topological polar surface area (TPSA) is 17.8 Å². The second-order valence-electron chi connectivity index (χ2n) is 11.0. The van der Waals surface area contributed by atoms with Crippen LogP contribution in [0.4, 0.5) is 0 Å². The van der Waals surface area contributed by atoms with Crippen molar-refractivity contribution < 1.29 is 0 Å². The van der Waals surface area contributed by atoms with Gasteiger partial charge in [-0.1, -0.05) is 154 Å². The van der Waals surface area contributed by atoms with Crippen molar-refractivity contribution in [1.82, 2.24) is 9.55 Å². The summed E-state index contributed by atoms with van der Waals surface area (Å²) in [5.41, 5.74) is 2.53. The first-order valence-electron chi connectivity index (χ1n) is 15.8.